The van der Waals surface area contributed by atoms with E-state index in [2.05, 4.69) is 67.4 Å². The van der Waals surface area contributed by atoms with E-state index in [0.29, 0.717) is 23.3 Å². The second-order valence-electron chi connectivity index (χ2n) is 7.19. The Morgan fingerprint density at radius 1 is 1.24 bits per heavy atom. The fourth-order valence-electron chi connectivity index (χ4n) is 3.22. The van der Waals surface area contributed by atoms with Crippen molar-refractivity contribution in [3.8, 4) is 0 Å². The topological polar surface area (TPSA) is 123 Å². The van der Waals surface area contributed by atoms with Crippen molar-refractivity contribution in [2.24, 2.45) is 7.05 Å². The molecule has 3 heterocycles. The number of nitrogens with one attached hydrogen (secondary N) is 3. The number of nitrogens with zero attached hydrogens (tertiary/aromatic N) is 6. The lowest BCUT2D eigenvalue weighted by molar-refractivity contribution is -0.123. The number of amides is 1. The summed E-state index contributed by atoms with van der Waals surface area (Å²) in [6.07, 6.45) is -0.0742. The van der Waals surface area contributed by atoms with Gasteiger partial charge >= 0.3 is 0 Å². The zero-order valence-corrected chi connectivity index (χ0v) is 17.5. The molecule has 11 heteroatoms. The summed E-state index contributed by atoms with van der Waals surface area (Å²) in [4.78, 5) is 21.4. The van der Waals surface area contributed by atoms with Gasteiger partial charge in [0.25, 0.3) is 0 Å². The highest BCUT2D eigenvalue weighted by Gasteiger charge is 2.27. The highest BCUT2D eigenvalue weighted by atomic mass is 32.2. The molecule has 1 fully saturated rings. The Balaban J connectivity index is 1.47. The first kappa shape index (κ1) is 19.5. The summed E-state index contributed by atoms with van der Waals surface area (Å²) >= 11 is 1.50. The molecule has 1 amide bonds. The highest BCUT2D eigenvalue weighted by molar-refractivity contribution is 7.99. The largest absolute Gasteiger partial charge is 0.323 e. The lowest BCUT2D eigenvalue weighted by Crippen LogP contribution is -2.60. The first-order valence-electron chi connectivity index (χ1n) is 9.32. The first-order valence-corrected chi connectivity index (χ1v) is 10.3. The van der Waals surface area contributed by atoms with Crippen molar-refractivity contribution in [3.05, 3.63) is 29.0 Å². The predicted octanol–water partition coefficient (Wildman–Crippen LogP) is 1.04. The van der Waals surface area contributed by atoms with Crippen LogP contribution in [0.25, 0.3) is 10.9 Å². The number of benzene rings is 1. The summed E-state index contributed by atoms with van der Waals surface area (Å²) in [5, 5.41) is 22.6. The second-order valence-corrected chi connectivity index (χ2v) is 8.18. The Bertz CT molecular complexity index is 1070. The van der Waals surface area contributed by atoms with Crippen LogP contribution < -0.4 is 16.0 Å². The molecule has 152 valence electrons. The number of rotatable bonds is 5. The van der Waals surface area contributed by atoms with Crippen molar-refractivity contribution in [3.63, 3.8) is 0 Å². The zero-order valence-electron chi connectivity index (χ0n) is 16.7. The molecule has 3 aromatic rings. The van der Waals surface area contributed by atoms with Crippen LogP contribution in [-0.4, -0.2) is 54.2 Å². The average molecular weight is 414 g/mol. The van der Waals surface area contributed by atoms with Gasteiger partial charge in [0.2, 0.25) is 17.0 Å². The highest BCUT2D eigenvalue weighted by Crippen LogP contribution is 2.22. The number of aryl methyl sites for hydroxylation is 4. The maximum Gasteiger partial charge on any atom is 0.226 e. The fourth-order valence-corrected chi connectivity index (χ4v) is 4.10. The van der Waals surface area contributed by atoms with Gasteiger partial charge in [0.1, 0.15) is 0 Å². The van der Waals surface area contributed by atoms with E-state index in [1.165, 1.54) is 22.9 Å². The van der Waals surface area contributed by atoms with Crippen molar-refractivity contribution in [1.29, 1.82) is 0 Å². The third-order valence-corrected chi connectivity index (χ3v) is 6.08. The lowest BCUT2D eigenvalue weighted by atomic mass is 10.1. The Labute approximate surface area is 172 Å². The molecule has 10 nitrogen and oxygen atoms in total. The van der Waals surface area contributed by atoms with Crippen LogP contribution in [0.5, 0.6) is 0 Å². The molecule has 2 atom stereocenters. The monoisotopic (exact) mass is 413 g/mol. The van der Waals surface area contributed by atoms with Crippen molar-refractivity contribution in [2.45, 2.75) is 44.7 Å². The molecule has 0 aliphatic carbocycles. The maximum atomic E-state index is 12.2. The Hall–Kier alpha value is -2.79. The third kappa shape index (κ3) is 4.30. The molecule has 1 saturated heterocycles. The van der Waals surface area contributed by atoms with Crippen LogP contribution in [0.2, 0.25) is 0 Å². The van der Waals surface area contributed by atoms with Gasteiger partial charge in [-0.25, -0.2) is 14.6 Å². The van der Waals surface area contributed by atoms with E-state index in [9.17, 15) is 4.79 Å². The summed E-state index contributed by atoms with van der Waals surface area (Å²) in [5.74, 6) is 1.10. The van der Waals surface area contributed by atoms with Crippen LogP contribution in [0.1, 0.15) is 23.2 Å². The Kier molecular flexibility index (Phi) is 5.33. The van der Waals surface area contributed by atoms with E-state index in [0.717, 1.165) is 16.6 Å². The summed E-state index contributed by atoms with van der Waals surface area (Å²) in [7, 11) is 1.79. The van der Waals surface area contributed by atoms with Gasteiger partial charge in [-0.1, -0.05) is 11.8 Å². The number of carbonyl (C=O) groups excluding carboxylic acids is 1. The second kappa shape index (κ2) is 7.91. The number of anilines is 1. The van der Waals surface area contributed by atoms with Crippen LogP contribution in [0, 0.1) is 20.8 Å². The fraction of sp³-hybridized carbons (Fsp3) is 0.444. The smallest absolute Gasteiger partial charge is 0.226 e. The molecule has 0 saturated carbocycles. The molecule has 3 N–H and O–H groups in total. The number of hydrogen-bond acceptors (Lipinski definition) is 9. The van der Waals surface area contributed by atoms with Crippen LogP contribution in [-0.2, 0) is 11.8 Å². The summed E-state index contributed by atoms with van der Waals surface area (Å²) < 4.78 is 1.61. The van der Waals surface area contributed by atoms with Gasteiger partial charge in [0, 0.05) is 30.6 Å². The number of aromatic nitrogens is 6. The van der Waals surface area contributed by atoms with Crippen molar-refractivity contribution in [1.82, 2.24) is 40.8 Å². The minimum atomic E-state index is -0.456. The maximum absolute atomic E-state index is 12.2. The molecule has 1 aromatic carbocycles. The van der Waals surface area contributed by atoms with Gasteiger partial charge in [-0.3, -0.25) is 10.1 Å². The van der Waals surface area contributed by atoms with E-state index in [4.69, 9.17) is 0 Å². The van der Waals surface area contributed by atoms with Gasteiger partial charge in [-0.05, 0) is 54.5 Å². The standard InChI is InChI=1S/C18H23N9OS/c1-9-5-13-11(3)19-16(21-14(13)6-10(9)2)23-17-20-12(7-15(28)22-17)8-29-18-24-25-26-27(18)4/h5-6,12,17,20H,7-8H2,1-4H3,(H,22,28)(H,19,21,23). The number of fused-ring (bicyclic) bond motifs is 1. The summed E-state index contributed by atoms with van der Waals surface area (Å²) in [5.41, 5.74) is 4.17. The zero-order chi connectivity index (χ0) is 20.5. The van der Waals surface area contributed by atoms with Gasteiger partial charge in [0.15, 0.2) is 6.29 Å². The molecule has 4 rings (SSSR count). The quantitative estimate of drug-likeness (QED) is 0.527. The van der Waals surface area contributed by atoms with E-state index in [-0.39, 0.29) is 11.9 Å². The van der Waals surface area contributed by atoms with Gasteiger partial charge in [0.05, 0.1) is 11.2 Å². The minimum absolute atomic E-state index is 0.0330. The molecular weight excluding hydrogens is 390 g/mol. The van der Waals surface area contributed by atoms with Crippen molar-refractivity contribution < 1.29 is 4.79 Å². The molecule has 0 bridgehead atoms. The van der Waals surface area contributed by atoms with Crippen molar-refractivity contribution >= 4 is 34.5 Å². The number of thioether (sulfide) groups is 1. The van der Waals surface area contributed by atoms with Gasteiger partial charge < -0.3 is 10.6 Å². The number of tetrazole rings is 1. The number of carbonyl (C=O) groups is 1. The van der Waals surface area contributed by atoms with Gasteiger partial charge in [-0.2, -0.15) is 0 Å². The first-order chi connectivity index (χ1) is 13.9. The molecule has 0 spiro atoms. The molecule has 2 unspecified atom stereocenters. The molecule has 1 aliphatic heterocycles. The normalized spacial score (nSPS) is 19.4. The summed E-state index contributed by atoms with van der Waals surface area (Å²) in [6.45, 7) is 6.11. The lowest BCUT2D eigenvalue weighted by Gasteiger charge is -2.31. The molecular formula is C18H23N9OS. The van der Waals surface area contributed by atoms with E-state index < -0.39 is 6.29 Å². The molecule has 0 radical (unpaired) electrons. The van der Waals surface area contributed by atoms with Crippen LogP contribution in [0.3, 0.4) is 0 Å². The third-order valence-electron chi connectivity index (χ3n) is 4.91. The molecule has 1 aliphatic rings. The minimum Gasteiger partial charge on any atom is -0.323 e. The van der Waals surface area contributed by atoms with Gasteiger partial charge in [-0.15, -0.1) is 5.10 Å². The van der Waals surface area contributed by atoms with Crippen LogP contribution in [0.15, 0.2) is 17.3 Å². The van der Waals surface area contributed by atoms with E-state index >= 15 is 0 Å². The predicted molar refractivity (Wildman–Crippen MR) is 110 cm³/mol. The van der Waals surface area contributed by atoms with Crippen LogP contribution >= 0.6 is 11.8 Å². The molecule has 29 heavy (non-hydrogen) atoms. The average Bonchev–Trinajstić information content (AvgIpc) is 3.06. The SMILES string of the molecule is Cc1cc2nc(NC3NC(=O)CC(CSc4nnnn4C)N3)nc(C)c2cc1C. The number of hydrogen-bond donors (Lipinski definition) is 3. The van der Waals surface area contributed by atoms with Crippen molar-refractivity contribution in [2.75, 3.05) is 11.1 Å². The van der Waals surface area contributed by atoms with Crippen LogP contribution in [0.4, 0.5) is 5.95 Å². The van der Waals surface area contributed by atoms with E-state index in [1.807, 2.05) is 6.92 Å². The Morgan fingerprint density at radius 3 is 2.79 bits per heavy atom. The summed E-state index contributed by atoms with van der Waals surface area (Å²) in [6, 6.07) is 4.14. The van der Waals surface area contributed by atoms with E-state index in [1.54, 1.807) is 11.7 Å². The molecule has 2 aromatic heterocycles. The Morgan fingerprint density at radius 2 is 2.03 bits per heavy atom.